The number of hydrogen-bond acceptors (Lipinski definition) is 5. The first-order chi connectivity index (χ1) is 12.2. The first-order valence-electron chi connectivity index (χ1n) is 8.33. The molecule has 26 heavy (non-hydrogen) atoms. The number of aromatic nitrogens is 3. The molecule has 0 aliphatic heterocycles. The molecule has 0 aliphatic rings. The molecule has 0 fully saturated rings. The van der Waals surface area contributed by atoms with E-state index in [2.05, 4.69) is 25.7 Å². The Morgan fingerprint density at radius 2 is 2.15 bits per heavy atom. The minimum absolute atomic E-state index is 0. The van der Waals surface area contributed by atoms with Gasteiger partial charge in [-0.1, -0.05) is 6.07 Å². The number of hydrogen-bond donors (Lipinski definition) is 2. The average molecular weight is 474 g/mol. The summed E-state index contributed by atoms with van der Waals surface area (Å²) < 4.78 is 12.5. The van der Waals surface area contributed by atoms with Crippen molar-refractivity contribution in [1.82, 2.24) is 20.1 Å². The smallest absolute Gasteiger partial charge is 0.196 e. The number of aryl methyl sites for hydroxylation is 1. The number of nitrogens with one attached hydrogen (secondary N) is 2. The highest BCUT2D eigenvalue weighted by Gasteiger charge is 2.03. The van der Waals surface area contributed by atoms with Gasteiger partial charge in [-0.25, -0.2) is 9.98 Å². The summed E-state index contributed by atoms with van der Waals surface area (Å²) in [7, 11) is 3.54. The third kappa shape index (κ3) is 7.56. The second-order valence-electron chi connectivity index (χ2n) is 5.34. The van der Waals surface area contributed by atoms with Crippen LogP contribution >= 0.6 is 24.0 Å². The zero-order valence-corrected chi connectivity index (χ0v) is 17.8. The molecule has 0 spiro atoms. The van der Waals surface area contributed by atoms with E-state index in [1.807, 2.05) is 38.2 Å². The van der Waals surface area contributed by atoms with Crippen LogP contribution in [0.2, 0.25) is 0 Å². The van der Waals surface area contributed by atoms with Crippen LogP contribution < -0.4 is 15.4 Å². The van der Waals surface area contributed by atoms with Gasteiger partial charge in [0.15, 0.2) is 5.96 Å². The van der Waals surface area contributed by atoms with Gasteiger partial charge in [0.05, 0.1) is 6.61 Å². The van der Waals surface area contributed by atoms with Gasteiger partial charge in [-0.15, -0.1) is 24.0 Å². The van der Waals surface area contributed by atoms with Gasteiger partial charge in [0.1, 0.15) is 24.4 Å². The molecule has 0 radical (unpaired) electrons. The molecule has 9 heteroatoms. The summed E-state index contributed by atoms with van der Waals surface area (Å²) in [5, 5.41) is 10.5. The lowest BCUT2D eigenvalue weighted by Crippen LogP contribution is -2.30. The lowest BCUT2D eigenvalue weighted by Gasteiger charge is -2.12. The zero-order valence-electron chi connectivity index (χ0n) is 15.4. The van der Waals surface area contributed by atoms with Crippen LogP contribution in [0.3, 0.4) is 0 Å². The van der Waals surface area contributed by atoms with E-state index >= 15 is 0 Å². The van der Waals surface area contributed by atoms with E-state index in [0.717, 1.165) is 30.2 Å². The fourth-order valence-electron chi connectivity index (χ4n) is 2.11. The monoisotopic (exact) mass is 474 g/mol. The third-order valence-corrected chi connectivity index (χ3v) is 3.39. The van der Waals surface area contributed by atoms with E-state index in [9.17, 15) is 0 Å². The van der Waals surface area contributed by atoms with Crippen LogP contribution in [0.4, 0.5) is 5.69 Å². The lowest BCUT2D eigenvalue weighted by atomic mass is 10.3. The molecule has 0 unspecified atom stereocenters. The summed E-state index contributed by atoms with van der Waals surface area (Å²) in [6.45, 7) is 4.54. The molecule has 1 heterocycles. The predicted molar refractivity (Wildman–Crippen MR) is 113 cm³/mol. The van der Waals surface area contributed by atoms with Gasteiger partial charge in [0, 0.05) is 45.5 Å². The fourth-order valence-corrected chi connectivity index (χ4v) is 2.11. The maximum absolute atomic E-state index is 5.72. The van der Waals surface area contributed by atoms with Crippen LogP contribution in [0, 0.1) is 0 Å². The molecule has 0 amide bonds. The average Bonchev–Trinajstić information content (AvgIpc) is 3.02. The Morgan fingerprint density at radius 3 is 2.85 bits per heavy atom. The zero-order chi connectivity index (χ0) is 17.9. The normalized spacial score (nSPS) is 11.0. The summed E-state index contributed by atoms with van der Waals surface area (Å²) in [5.41, 5.74) is 0.905. The van der Waals surface area contributed by atoms with E-state index < -0.39 is 0 Å². The maximum Gasteiger partial charge on any atom is 0.196 e. The molecule has 2 aromatic rings. The summed E-state index contributed by atoms with van der Waals surface area (Å²) in [4.78, 5) is 8.72. The van der Waals surface area contributed by atoms with Crippen molar-refractivity contribution in [2.75, 3.05) is 32.2 Å². The number of anilines is 1. The molecular formula is C17H27IN6O2. The van der Waals surface area contributed by atoms with Crippen molar-refractivity contribution in [2.45, 2.75) is 19.9 Å². The second kappa shape index (κ2) is 12.5. The predicted octanol–water partition coefficient (Wildman–Crippen LogP) is 2.43. The Kier molecular flexibility index (Phi) is 10.6. The summed E-state index contributed by atoms with van der Waals surface area (Å²) in [6.07, 6.45) is 2.38. The van der Waals surface area contributed by atoms with Crippen molar-refractivity contribution in [3.8, 4) is 5.75 Å². The molecule has 0 bridgehead atoms. The van der Waals surface area contributed by atoms with Crippen LogP contribution in [-0.4, -0.2) is 47.6 Å². The van der Waals surface area contributed by atoms with Gasteiger partial charge < -0.3 is 20.1 Å². The SMILES string of the molecule is CCNC(=NCc1ncnn1C)Nc1cccc(OCCCOC)c1.I. The maximum atomic E-state index is 5.72. The number of nitrogens with zero attached hydrogens (tertiary/aromatic N) is 4. The standard InChI is InChI=1S/C17H26N6O2.HI/c1-4-18-17(19-12-16-20-13-21-23(16)2)22-14-7-5-8-15(11-14)25-10-6-9-24-3;/h5,7-8,11,13H,4,6,9-10,12H2,1-3H3,(H2,18,19,22);1H. The van der Waals surface area contributed by atoms with Crippen molar-refractivity contribution in [3.63, 3.8) is 0 Å². The molecule has 0 saturated carbocycles. The topological polar surface area (TPSA) is 85.6 Å². The van der Waals surface area contributed by atoms with E-state index in [0.29, 0.717) is 25.7 Å². The molecule has 0 saturated heterocycles. The molecule has 1 aromatic heterocycles. The second-order valence-corrected chi connectivity index (χ2v) is 5.34. The van der Waals surface area contributed by atoms with Crippen LogP contribution in [0.15, 0.2) is 35.6 Å². The van der Waals surface area contributed by atoms with Crippen LogP contribution in [0.1, 0.15) is 19.2 Å². The molecule has 144 valence electrons. The molecular weight excluding hydrogens is 447 g/mol. The number of rotatable bonds is 9. The lowest BCUT2D eigenvalue weighted by molar-refractivity contribution is 0.172. The number of halogens is 1. The van der Waals surface area contributed by atoms with Gasteiger partial charge in [0.25, 0.3) is 0 Å². The van der Waals surface area contributed by atoms with Gasteiger partial charge >= 0.3 is 0 Å². The van der Waals surface area contributed by atoms with Gasteiger partial charge in [-0.3, -0.25) is 4.68 Å². The fraction of sp³-hybridized carbons (Fsp3) is 0.471. The van der Waals surface area contributed by atoms with Crippen molar-refractivity contribution in [1.29, 1.82) is 0 Å². The van der Waals surface area contributed by atoms with Gasteiger partial charge in [-0.05, 0) is 19.1 Å². The number of guanidine groups is 1. The molecule has 2 N–H and O–H groups in total. The van der Waals surface area contributed by atoms with Crippen LogP contribution in [0.25, 0.3) is 0 Å². The first-order valence-corrected chi connectivity index (χ1v) is 8.33. The van der Waals surface area contributed by atoms with Crippen LogP contribution in [0.5, 0.6) is 5.75 Å². The molecule has 8 nitrogen and oxygen atoms in total. The Labute approximate surface area is 171 Å². The number of aliphatic imine (C=N–C) groups is 1. The van der Waals surface area contributed by atoms with Crippen molar-refractivity contribution < 1.29 is 9.47 Å². The highest BCUT2D eigenvalue weighted by molar-refractivity contribution is 14.0. The quantitative estimate of drug-likeness (QED) is 0.251. The molecule has 0 atom stereocenters. The highest BCUT2D eigenvalue weighted by Crippen LogP contribution is 2.17. The van der Waals surface area contributed by atoms with Crippen molar-refractivity contribution >= 4 is 35.6 Å². The summed E-state index contributed by atoms with van der Waals surface area (Å²) in [5.74, 6) is 2.29. The largest absolute Gasteiger partial charge is 0.493 e. The van der Waals surface area contributed by atoms with Crippen molar-refractivity contribution in [3.05, 3.63) is 36.4 Å². The Balaban J connectivity index is 0.00000338. The minimum atomic E-state index is 0. The number of methoxy groups -OCH3 is 1. The Hall–Kier alpha value is -1.88. The summed E-state index contributed by atoms with van der Waals surface area (Å²) >= 11 is 0. The van der Waals surface area contributed by atoms with Crippen LogP contribution in [-0.2, 0) is 18.3 Å². The molecule has 1 aromatic carbocycles. The van der Waals surface area contributed by atoms with E-state index in [4.69, 9.17) is 9.47 Å². The third-order valence-electron chi connectivity index (χ3n) is 3.39. The van der Waals surface area contributed by atoms with E-state index in [1.54, 1.807) is 11.8 Å². The summed E-state index contributed by atoms with van der Waals surface area (Å²) in [6, 6.07) is 7.79. The number of ether oxygens (including phenoxy) is 2. The minimum Gasteiger partial charge on any atom is -0.493 e. The van der Waals surface area contributed by atoms with Gasteiger partial charge in [-0.2, -0.15) is 5.10 Å². The van der Waals surface area contributed by atoms with E-state index in [1.165, 1.54) is 6.33 Å². The first kappa shape index (κ1) is 22.2. The Morgan fingerprint density at radius 1 is 1.31 bits per heavy atom. The number of benzene rings is 1. The highest BCUT2D eigenvalue weighted by atomic mass is 127. The molecule has 0 aliphatic carbocycles. The Bertz CT molecular complexity index is 677. The van der Waals surface area contributed by atoms with E-state index in [-0.39, 0.29) is 24.0 Å². The van der Waals surface area contributed by atoms with Gasteiger partial charge in [0.2, 0.25) is 0 Å². The molecule has 2 rings (SSSR count). The van der Waals surface area contributed by atoms with Crippen molar-refractivity contribution in [2.24, 2.45) is 12.0 Å².